The highest BCUT2D eigenvalue weighted by molar-refractivity contribution is 7.92. The predicted octanol–water partition coefficient (Wildman–Crippen LogP) is 7.40. The second-order valence-electron chi connectivity index (χ2n) is 4.43. The first-order chi connectivity index (χ1) is 10.5. The summed E-state index contributed by atoms with van der Waals surface area (Å²) in [5.41, 5.74) is 0.417. The lowest BCUT2D eigenvalue weighted by molar-refractivity contribution is 0.596. The minimum atomic E-state index is -4.33. The topological polar surface area (TPSA) is 34.1 Å². The number of halogens is 7. The van der Waals surface area contributed by atoms with Gasteiger partial charge in [0.05, 0.1) is 35.2 Å². The van der Waals surface area contributed by atoms with Gasteiger partial charge in [0.15, 0.2) is 0 Å². The fourth-order valence-electron chi connectivity index (χ4n) is 1.83. The van der Waals surface area contributed by atoms with Crippen molar-refractivity contribution < 1.29 is 8.42 Å². The molecular formula is C13H5Cl7O2S. The van der Waals surface area contributed by atoms with Gasteiger partial charge < -0.3 is 0 Å². The van der Waals surface area contributed by atoms with E-state index in [9.17, 15) is 8.42 Å². The molecule has 0 unspecified atom stereocenters. The molecule has 0 bridgehead atoms. The Labute approximate surface area is 168 Å². The molecule has 0 aliphatic heterocycles. The molecule has 0 aliphatic rings. The van der Waals surface area contributed by atoms with Crippen molar-refractivity contribution >= 4 is 91.0 Å². The molecule has 2 nitrogen and oxygen atoms in total. The molecule has 2 rings (SSSR count). The third kappa shape index (κ3) is 3.40. The number of benzene rings is 2. The SMILES string of the molecule is Cc1cc(Cl)c(Cl)c(S(=O)(=O)c2c(Cl)c(Cl)cc(Cl)c2Cl)c1Cl. The molecule has 23 heavy (non-hydrogen) atoms. The number of aryl methyl sites for hydroxylation is 1. The first-order valence-electron chi connectivity index (χ1n) is 5.72. The number of hydrogen-bond donors (Lipinski definition) is 0. The van der Waals surface area contributed by atoms with Gasteiger partial charge in [-0.2, -0.15) is 0 Å². The molecule has 0 heterocycles. The summed E-state index contributed by atoms with van der Waals surface area (Å²) >= 11 is 41.9. The summed E-state index contributed by atoms with van der Waals surface area (Å²) in [5, 5.41) is -1.05. The molecule has 0 atom stereocenters. The summed E-state index contributed by atoms with van der Waals surface area (Å²) < 4.78 is 26.0. The van der Waals surface area contributed by atoms with E-state index in [-0.39, 0.29) is 35.2 Å². The monoisotopic (exact) mass is 470 g/mol. The molecule has 0 N–H and O–H groups in total. The van der Waals surface area contributed by atoms with Gasteiger partial charge in [-0.3, -0.25) is 0 Å². The van der Waals surface area contributed by atoms with Crippen LogP contribution >= 0.6 is 81.2 Å². The van der Waals surface area contributed by atoms with Gasteiger partial charge in [0.25, 0.3) is 0 Å². The van der Waals surface area contributed by atoms with Crippen LogP contribution in [0.15, 0.2) is 21.9 Å². The lowest BCUT2D eigenvalue weighted by Gasteiger charge is -2.15. The van der Waals surface area contributed by atoms with Gasteiger partial charge in [-0.15, -0.1) is 0 Å². The maximum absolute atomic E-state index is 13.0. The normalized spacial score (nSPS) is 11.8. The number of sulfone groups is 1. The van der Waals surface area contributed by atoms with Gasteiger partial charge in [-0.05, 0) is 24.6 Å². The Morgan fingerprint density at radius 2 is 1.00 bits per heavy atom. The number of rotatable bonds is 2. The summed E-state index contributed by atoms with van der Waals surface area (Å²) in [6, 6.07) is 2.68. The highest BCUT2D eigenvalue weighted by Crippen LogP contribution is 2.46. The highest BCUT2D eigenvalue weighted by atomic mass is 35.5. The van der Waals surface area contributed by atoms with Crippen molar-refractivity contribution in [1.82, 2.24) is 0 Å². The Kier molecular flexibility index (Phi) is 5.98. The van der Waals surface area contributed by atoms with E-state index in [0.717, 1.165) is 0 Å². The lowest BCUT2D eigenvalue weighted by atomic mass is 10.2. The van der Waals surface area contributed by atoms with Crippen molar-refractivity contribution in [2.45, 2.75) is 16.7 Å². The van der Waals surface area contributed by atoms with Crippen molar-refractivity contribution in [1.29, 1.82) is 0 Å². The lowest BCUT2D eigenvalue weighted by Crippen LogP contribution is -2.07. The van der Waals surface area contributed by atoms with Crippen molar-refractivity contribution in [2.75, 3.05) is 0 Å². The van der Waals surface area contributed by atoms with E-state index in [1.807, 2.05) is 0 Å². The molecule has 0 spiro atoms. The maximum Gasteiger partial charge on any atom is 0.212 e. The zero-order valence-electron chi connectivity index (χ0n) is 11.0. The van der Waals surface area contributed by atoms with Crippen LogP contribution in [0.4, 0.5) is 0 Å². The van der Waals surface area contributed by atoms with E-state index in [1.165, 1.54) is 12.1 Å². The average Bonchev–Trinajstić information content (AvgIpc) is 2.43. The summed E-state index contributed by atoms with van der Waals surface area (Å²) in [5.74, 6) is 0. The van der Waals surface area contributed by atoms with Crippen LogP contribution in [0.2, 0.25) is 35.2 Å². The molecule has 124 valence electrons. The van der Waals surface area contributed by atoms with Crippen molar-refractivity contribution in [2.24, 2.45) is 0 Å². The van der Waals surface area contributed by atoms with E-state index in [4.69, 9.17) is 81.2 Å². The zero-order valence-corrected chi connectivity index (χ0v) is 17.1. The van der Waals surface area contributed by atoms with Gasteiger partial charge in [-0.25, -0.2) is 8.42 Å². The first kappa shape index (κ1) is 19.7. The average molecular weight is 473 g/mol. The van der Waals surface area contributed by atoms with Gasteiger partial charge in [0, 0.05) is 0 Å². The second kappa shape index (κ2) is 6.97. The fraction of sp³-hybridized carbons (Fsp3) is 0.0769. The van der Waals surface area contributed by atoms with Gasteiger partial charge in [-0.1, -0.05) is 81.2 Å². The molecule has 0 saturated carbocycles. The second-order valence-corrected chi connectivity index (χ2v) is 8.99. The van der Waals surface area contributed by atoms with Crippen LogP contribution in [0.5, 0.6) is 0 Å². The Bertz CT molecular complexity index is 801. The molecule has 0 radical (unpaired) electrons. The third-order valence-electron chi connectivity index (χ3n) is 2.91. The first-order valence-corrected chi connectivity index (χ1v) is 9.85. The Morgan fingerprint density at radius 3 is 1.43 bits per heavy atom. The van der Waals surface area contributed by atoms with Crippen LogP contribution in [-0.4, -0.2) is 8.42 Å². The summed E-state index contributed by atoms with van der Waals surface area (Å²) in [7, 11) is -4.33. The quantitative estimate of drug-likeness (QED) is 0.426. The fourth-order valence-corrected chi connectivity index (χ4v) is 6.27. The van der Waals surface area contributed by atoms with Crippen LogP contribution in [0, 0.1) is 6.92 Å². The number of hydrogen-bond acceptors (Lipinski definition) is 2. The van der Waals surface area contributed by atoms with E-state index in [1.54, 1.807) is 6.92 Å². The standard InChI is InChI=1S/C13H5Cl7O2S/c1-4-2-5(14)9(18)12(8(4)17)23(21,22)13-10(19)6(15)3-7(16)11(13)20/h2-3H,1H3. The molecular weight excluding hydrogens is 468 g/mol. The summed E-state index contributed by atoms with van der Waals surface area (Å²) in [6.45, 7) is 1.58. The van der Waals surface area contributed by atoms with Crippen molar-refractivity contribution in [3.8, 4) is 0 Å². The maximum atomic E-state index is 13.0. The van der Waals surface area contributed by atoms with E-state index in [0.29, 0.717) is 5.56 Å². The van der Waals surface area contributed by atoms with Gasteiger partial charge in [0.1, 0.15) is 9.79 Å². The minimum absolute atomic E-state index is 0.0208. The molecule has 0 saturated heterocycles. The molecule has 2 aromatic rings. The molecule has 0 aromatic heterocycles. The predicted molar refractivity (Wildman–Crippen MR) is 98.1 cm³/mol. The van der Waals surface area contributed by atoms with E-state index < -0.39 is 19.6 Å². The van der Waals surface area contributed by atoms with E-state index in [2.05, 4.69) is 0 Å². The van der Waals surface area contributed by atoms with Crippen LogP contribution in [0.25, 0.3) is 0 Å². The summed E-state index contributed by atoms with van der Waals surface area (Å²) in [4.78, 5) is -0.892. The molecule has 10 heteroatoms. The van der Waals surface area contributed by atoms with Gasteiger partial charge in [0.2, 0.25) is 9.84 Å². The van der Waals surface area contributed by atoms with Crippen molar-refractivity contribution in [3.05, 3.63) is 52.9 Å². The van der Waals surface area contributed by atoms with Crippen LogP contribution < -0.4 is 0 Å². The molecule has 0 fully saturated rings. The summed E-state index contributed by atoms with van der Waals surface area (Å²) in [6.07, 6.45) is 0. The smallest absolute Gasteiger partial charge is 0.212 e. The Hall–Kier alpha value is 0.420. The Morgan fingerprint density at radius 1 is 0.652 bits per heavy atom. The largest absolute Gasteiger partial charge is 0.218 e. The van der Waals surface area contributed by atoms with E-state index >= 15 is 0 Å². The highest BCUT2D eigenvalue weighted by Gasteiger charge is 2.32. The minimum Gasteiger partial charge on any atom is -0.218 e. The Balaban J connectivity index is 2.97. The molecule has 0 amide bonds. The van der Waals surface area contributed by atoms with Gasteiger partial charge >= 0.3 is 0 Å². The molecule has 2 aromatic carbocycles. The molecule has 0 aliphatic carbocycles. The third-order valence-corrected chi connectivity index (χ3v) is 8.10. The zero-order chi connectivity index (χ0) is 17.7. The van der Waals surface area contributed by atoms with Crippen molar-refractivity contribution in [3.63, 3.8) is 0 Å². The van der Waals surface area contributed by atoms with Crippen LogP contribution in [0.1, 0.15) is 5.56 Å². The van der Waals surface area contributed by atoms with Crippen LogP contribution in [-0.2, 0) is 9.84 Å². The van der Waals surface area contributed by atoms with Crippen LogP contribution in [0.3, 0.4) is 0 Å².